The highest BCUT2D eigenvalue weighted by Gasteiger charge is 1.85. The van der Waals surface area contributed by atoms with Crippen molar-refractivity contribution in [1.82, 2.24) is 0 Å². The van der Waals surface area contributed by atoms with Crippen molar-refractivity contribution < 1.29 is 4.74 Å². The van der Waals surface area contributed by atoms with Crippen LogP contribution in [0.5, 0.6) is 0 Å². The molecule has 56 valence electrons. The van der Waals surface area contributed by atoms with Crippen molar-refractivity contribution in [3.63, 3.8) is 0 Å². The third kappa shape index (κ3) is 7.88. The molecule has 0 spiro atoms. The second kappa shape index (κ2) is 7.88. The van der Waals surface area contributed by atoms with E-state index < -0.39 is 0 Å². The molecule has 0 aliphatic heterocycles. The van der Waals surface area contributed by atoms with Gasteiger partial charge in [-0.1, -0.05) is 0 Å². The van der Waals surface area contributed by atoms with Gasteiger partial charge in [0.15, 0.2) is 0 Å². The molecule has 0 bridgehead atoms. The van der Waals surface area contributed by atoms with Gasteiger partial charge in [-0.2, -0.15) is 0 Å². The Labute approximate surface area is 56.4 Å². The molecule has 0 amide bonds. The lowest BCUT2D eigenvalue weighted by molar-refractivity contribution is 0.137. The molecular formula is C6H16N2O. The molecule has 0 aromatic heterocycles. The van der Waals surface area contributed by atoms with Crippen molar-refractivity contribution >= 4 is 0 Å². The average Bonchev–Trinajstić information content (AvgIpc) is 1.89. The Morgan fingerprint density at radius 1 is 1.00 bits per heavy atom. The summed E-state index contributed by atoms with van der Waals surface area (Å²) in [5, 5.41) is 0. The van der Waals surface area contributed by atoms with Gasteiger partial charge >= 0.3 is 0 Å². The number of nitrogens with two attached hydrogens (primary N) is 2. The molecule has 0 heterocycles. The van der Waals surface area contributed by atoms with E-state index in [1.165, 1.54) is 0 Å². The normalized spacial score (nSPS) is 10.0. The summed E-state index contributed by atoms with van der Waals surface area (Å²) < 4.78 is 4.92. The van der Waals surface area contributed by atoms with Gasteiger partial charge in [-0.3, -0.25) is 0 Å². The summed E-state index contributed by atoms with van der Waals surface area (Å²) in [4.78, 5) is 0. The van der Waals surface area contributed by atoms with Crippen molar-refractivity contribution in [2.45, 2.75) is 19.3 Å². The highest BCUT2D eigenvalue weighted by molar-refractivity contribution is 4.40. The van der Waals surface area contributed by atoms with Gasteiger partial charge in [0.05, 0.1) is 6.73 Å². The van der Waals surface area contributed by atoms with Crippen molar-refractivity contribution in [1.29, 1.82) is 0 Å². The van der Waals surface area contributed by atoms with Crippen molar-refractivity contribution in [2.75, 3.05) is 19.9 Å². The number of unbranched alkanes of at least 4 members (excludes halogenated alkanes) is 2. The van der Waals surface area contributed by atoms with Crippen LogP contribution in [0.2, 0.25) is 0 Å². The smallest absolute Gasteiger partial charge is 0.0940 e. The van der Waals surface area contributed by atoms with Crippen LogP contribution in [0.15, 0.2) is 0 Å². The Hall–Kier alpha value is -0.120. The topological polar surface area (TPSA) is 61.3 Å². The van der Waals surface area contributed by atoms with Gasteiger partial charge in [-0.25, -0.2) is 0 Å². The van der Waals surface area contributed by atoms with Gasteiger partial charge in [0.25, 0.3) is 0 Å². The SMILES string of the molecule is NCCCCCOCN. The number of hydrogen-bond donors (Lipinski definition) is 2. The summed E-state index contributed by atoms with van der Waals surface area (Å²) in [6.07, 6.45) is 3.32. The van der Waals surface area contributed by atoms with E-state index in [9.17, 15) is 0 Å². The van der Waals surface area contributed by atoms with Gasteiger partial charge in [0.1, 0.15) is 0 Å². The Bertz CT molecular complexity index is 44.3. The first-order chi connectivity index (χ1) is 4.41. The third-order valence-electron chi connectivity index (χ3n) is 1.11. The minimum absolute atomic E-state index is 0.336. The fourth-order valence-corrected chi connectivity index (χ4v) is 0.609. The Morgan fingerprint density at radius 2 is 1.78 bits per heavy atom. The zero-order valence-electron chi connectivity index (χ0n) is 5.81. The van der Waals surface area contributed by atoms with Crippen molar-refractivity contribution in [3.8, 4) is 0 Å². The second-order valence-electron chi connectivity index (χ2n) is 1.92. The van der Waals surface area contributed by atoms with E-state index >= 15 is 0 Å². The first-order valence-corrected chi connectivity index (χ1v) is 3.39. The number of rotatable bonds is 6. The Kier molecular flexibility index (Phi) is 7.77. The molecule has 0 atom stereocenters. The van der Waals surface area contributed by atoms with E-state index in [4.69, 9.17) is 16.2 Å². The molecule has 0 saturated carbocycles. The highest BCUT2D eigenvalue weighted by Crippen LogP contribution is 1.92. The summed E-state index contributed by atoms with van der Waals surface area (Å²) in [5.74, 6) is 0. The van der Waals surface area contributed by atoms with Crippen LogP contribution in [0.4, 0.5) is 0 Å². The maximum atomic E-state index is 5.28. The maximum Gasteiger partial charge on any atom is 0.0940 e. The van der Waals surface area contributed by atoms with Crippen LogP contribution in [-0.4, -0.2) is 19.9 Å². The van der Waals surface area contributed by atoms with Crippen LogP contribution >= 0.6 is 0 Å². The summed E-state index contributed by atoms with van der Waals surface area (Å²) in [6.45, 7) is 1.89. The predicted octanol–water partition coefficient (Wildman–Crippen LogP) is 0.0482. The molecule has 3 heteroatoms. The summed E-state index contributed by atoms with van der Waals surface area (Å²) in [6, 6.07) is 0. The quantitative estimate of drug-likeness (QED) is 0.396. The minimum atomic E-state index is 0.336. The van der Waals surface area contributed by atoms with Crippen LogP contribution in [0.3, 0.4) is 0 Å². The van der Waals surface area contributed by atoms with E-state index in [0.717, 1.165) is 32.4 Å². The van der Waals surface area contributed by atoms with Crippen LogP contribution < -0.4 is 11.5 Å². The highest BCUT2D eigenvalue weighted by atomic mass is 16.5. The zero-order chi connectivity index (χ0) is 6.95. The molecule has 0 aliphatic rings. The van der Waals surface area contributed by atoms with Crippen molar-refractivity contribution in [3.05, 3.63) is 0 Å². The number of hydrogen-bond acceptors (Lipinski definition) is 3. The van der Waals surface area contributed by atoms with Gasteiger partial charge in [0, 0.05) is 6.61 Å². The summed E-state index contributed by atoms with van der Waals surface area (Å²) in [5.41, 5.74) is 10.4. The van der Waals surface area contributed by atoms with Gasteiger partial charge < -0.3 is 16.2 Å². The molecule has 0 radical (unpaired) electrons. The first kappa shape index (κ1) is 8.88. The summed E-state index contributed by atoms with van der Waals surface area (Å²) in [7, 11) is 0. The molecule has 0 aromatic carbocycles. The molecule has 0 aliphatic carbocycles. The van der Waals surface area contributed by atoms with E-state index in [0.29, 0.717) is 6.73 Å². The Morgan fingerprint density at radius 3 is 2.33 bits per heavy atom. The fourth-order valence-electron chi connectivity index (χ4n) is 0.609. The van der Waals surface area contributed by atoms with Crippen LogP contribution in [0.1, 0.15) is 19.3 Å². The van der Waals surface area contributed by atoms with Crippen LogP contribution in [0, 0.1) is 0 Å². The van der Waals surface area contributed by atoms with E-state index in [2.05, 4.69) is 0 Å². The molecule has 0 saturated heterocycles. The summed E-state index contributed by atoms with van der Waals surface area (Å²) >= 11 is 0. The lowest BCUT2D eigenvalue weighted by Crippen LogP contribution is -2.06. The lowest BCUT2D eigenvalue weighted by Gasteiger charge is -1.98. The predicted molar refractivity (Wildman–Crippen MR) is 37.9 cm³/mol. The fraction of sp³-hybridized carbons (Fsp3) is 1.00. The Balaban J connectivity index is 2.60. The molecule has 4 N–H and O–H groups in total. The maximum absolute atomic E-state index is 5.28. The van der Waals surface area contributed by atoms with Gasteiger partial charge in [-0.15, -0.1) is 0 Å². The standard InChI is InChI=1S/C6H16N2O/c7-4-2-1-3-5-9-6-8/h1-8H2. The molecule has 9 heavy (non-hydrogen) atoms. The van der Waals surface area contributed by atoms with Crippen LogP contribution in [0.25, 0.3) is 0 Å². The van der Waals surface area contributed by atoms with Gasteiger partial charge in [-0.05, 0) is 25.8 Å². The average molecular weight is 132 g/mol. The van der Waals surface area contributed by atoms with E-state index in [-0.39, 0.29) is 0 Å². The molecular weight excluding hydrogens is 116 g/mol. The molecule has 0 rings (SSSR count). The van der Waals surface area contributed by atoms with Crippen LogP contribution in [-0.2, 0) is 4.74 Å². The van der Waals surface area contributed by atoms with E-state index in [1.807, 2.05) is 0 Å². The third-order valence-corrected chi connectivity index (χ3v) is 1.11. The molecule has 0 unspecified atom stereocenters. The molecule has 0 aromatic rings. The number of ether oxygens (including phenoxy) is 1. The minimum Gasteiger partial charge on any atom is -0.367 e. The van der Waals surface area contributed by atoms with Gasteiger partial charge in [0.2, 0.25) is 0 Å². The lowest BCUT2D eigenvalue weighted by atomic mass is 10.2. The molecule has 3 nitrogen and oxygen atoms in total. The zero-order valence-corrected chi connectivity index (χ0v) is 5.81. The second-order valence-corrected chi connectivity index (χ2v) is 1.92. The first-order valence-electron chi connectivity index (χ1n) is 3.39. The largest absolute Gasteiger partial charge is 0.367 e. The monoisotopic (exact) mass is 132 g/mol. The molecule has 0 fully saturated rings. The van der Waals surface area contributed by atoms with Crippen molar-refractivity contribution in [2.24, 2.45) is 11.5 Å². The van der Waals surface area contributed by atoms with E-state index in [1.54, 1.807) is 0 Å².